The van der Waals surface area contributed by atoms with Crippen molar-refractivity contribution >= 4 is 11.6 Å². The highest BCUT2D eigenvalue weighted by molar-refractivity contribution is 5.79. The van der Waals surface area contributed by atoms with E-state index in [1.54, 1.807) is 36.8 Å². The van der Waals surface area contributed by atoms with E-state index in [0.29, 0.717) is 5.88 Å². The minimum absolute atomic E-state index is 0.266. The van der Waals surface area contributed by atoms with Crippen molar-refractivity contribution in [3.8, 4) is 11.1 Å². The van der Waals surface area contributed by atoms with Gasteiger partial charge in [0.1, 0.15) is 5.82 Å². The Hall–Kier alpha value is -2.69. The highest BCUT2D eigenvalue weighted by atomic mass is 19.1. The van der Waals surface area contributed by atoms with E-state index >= 15 is 0 Å². The summed E-state index contributed by atoms with van der Waals surface area (Å²) in [5, 5.41) is 6.73. The van der Waals surface area contributed by atoms with Crippen molar-refractivity contribution in [3.63, 3.8) is 0 Å². The lowest BCUT2D eigenvalue weighted by Gasteiger charge is -2.09. The summed E-state index contributed by atoms with van der Waals surface area (Å²) in [4.78, 5) is 4.09. The highest BCUT2D eigenvalue weighted by Crippen LogP contribution is 2.29. The largest absolute Gasteiger partial charge is 0.339 e. The molecule has 4 nitrogen and oxygen atoms in total. The van der Waals surface area contributed by atoms with Crippen LogP contribution >= 0.6 is 0 Å². The lowest BCUT2D eigenvalue weighted by Crippen LogP contribution is -1.93. The lowest BCUT2D eigenvalue weighted by molar-refractivity contribution is 0.435. The van der Waals surface area contributed by atoms with Crippen molar-refractivity contribution in [2.75, 3.05) is 5.32 Å². The van der Waals surface area contributed by atoms with Crippen LogP contribution in [0.4, 0.5) is 16.0 Å². The molecule has 3 aromatic rings. The van der Waals surface area contributed by atoms with Crippen molar-refractivity contribution in [3.05, 3.63) is 60.8 Å². The topological polar surface area (TPSA) is 51.0 Å². The van der Waals surface area contributed by atoms with E-state index in [0.717, 1.165) is 16.8 Å². The molecular formula is C14H10FN3O. The molecule has 0 saturated carbocycles. The molecule has 0 fully saturated rings. The molecular weight excluding hydrogens is 245 g/mol. The maximum atomic E-state index is 13.0. The van der Waals surface area contributed by atoms with Gasteiger partial charge in [0.25, 0.3) is 0 Å². The Bertz CT molecular complexity index is 665. The zero-order valence-corrected chi connectivity index (χ0v) is 9.88. The summed E-state index contributed by atoms with van der Waals surface area (Å²) in [6, 6.07) is 9.78. The van der Waals surface area contributed by atoms with E-state index in [-0.39, 0.29) is 5.82 Å². The summed E-state index contributed by atoms with van der Waals surface area (Å²) < 4.78 is 18.0. The second-order valence-corrected chi connectivity index (χ2v) is 3.93. The molecule has 2 heterocycles. The van der Waals surface area contributed by atoms with Gasteiger partial charge in [0.2, 0.25) is 5.88 Å². The van der Waals surface area contributed by atoms with Gasteiger partial charge in [-0.3, -0.25) is 4.98 Å². The van der Waals surface area contributed by atoms with Crippen molar-refractivity contribution in [1.82, 2.24) is 10.1 Å². The molecule has 0 aliphatic rings. The number of nitrogens with one attached hydrogen (secondary N) is 1. The van der Waals surface area contributed by atoms with Gasteiger partial charge in [-0.2, -0.15) is 0 Å². The molecule has 94 valence electrons. The van der Waals surface area contributed by atoms with Crippen molar-refractivity contribution in [2.24, 2.45) is 0 Å². The highest BCUT2D eigenvalue weighted by Gasteiger charge is 2.07. The quantitative estimate of drug-likeness (QED) is 0.776. The summed E-state index contributed by atoms with van der Waals surface area (Å²) in [7, 11) is 0. The van der Waals surface area contributed by atoms with Gasteiger partial charge in [0, 0.05) is 24.0 Å². The number of pyridine rings is 1. The molecule has 0 spiro atoms. The molecule has 3 rings (SSSR count). The molecule has 0 saturated heterocycles. The molecule has 0 amide bonds. The average molecular weight is 255 g/mol. The molecule has 0 radical (unpaired) electrons. The van der Waals surface area contributed by atoms with Gasteiger partial charge in [-0.1, -0.05) is 17.3 Å². The molecule has 5 heteroatoms. The summed E-state index contributed by atoms with van der Waals surface area (Å²) in [5.74, 6) is 0.270. The zero-order valence-electron chi connectivity index (χ0n) is 9.88. The first-order valence-corrected chi connectivity index (χ1v) is 5.70. The van der Waals surface area contributed by atoms with Gasteiger partial charge in [0.15, 0.2) is 0 Å². The van der Waals surface area contributed by atoms with Crippen molar-refractivity contribution < 1.29 is 8.91 Å². The molecule has 1 aromatic carbocycles. The standard InChI is InChI=1S/C14H10FN3O/c15-11-3-1-10(2-4-11)12-9-16-7-5-13(12)18-14-6-8-17-19-14/h1-9H,(H,16,18). The first-order valence-electron chi connectivity index (χ1n) is 5.70. The molecule has 0 unspecified atom stereocenters. The van der Waals surface area contributed by atoms with Gasteiger partial charge in [0.05, 0.1) is 11.9 Å². The van der Waals surface area contributed by atoms with Crippen molar-refractivity contribution in [2.45, 2.75) is 0 Å². The number of nitrogens with zero attached hydrogens (tertiary/aromatic N) is 2. The molecule has 0 aliphatic heterocycles. The smallest absolute Gasteiger partial charge is 0.228 e. The molecule has 19 heavy (non-hydrogen) atoms. The fourth-order valence-corrected chi connectivity index (χ4v) is 1.78. The van der Waals surface area contributed by atoms with Crippen LogP contribution in [0.3, 0.4) is 0 Å². The third kappa shape index (κ3) is 2.44. The van der Waals surface area contributed by atoms with Crippen molar-refractivity contribution in [1.29, 1.82) is 0 Å². The summed E-state index contributed by atoms with van der Waals surface area (Å²) in [6.45, 7) is 0. The van der Waals surface area contributed by atoms with E-state index < -0.39 is 0 Å². The number of halogens is 1. The van der Waals surface area contributed by atoms with Gasteiger partial charge < -0.3 is 9.84 Å². The van der Waals surface area contributed by atoms with Gasteiger partial charge in [-0.05, 0) is 23.8 Å². The lowest BCUT2D eigenvalue weighted by atomic mass is 10.1. The van der Waals surface area contributed by atoms with Crippen LogP contribution in [0.1, 0.15) is 0 Å². The van der Waals surface area contributed by atoms with Crippen LogP contribution in [0.5, 0.6) is 0 Å². The van der Waals surface area contributed by atoms with Crippen LogP contribution in [0.15, 0.2) is 59.5 Å². The predicted octanol–water partition coefficient (Wildman–Crippen LogP) is 3.62. The van der Waals surface area contributed by atoms with Gasteiger partial charge in [-0.15, -0.1) is 0 Å². The molecule has 1 N–H and O–H groups in total. The first-order chi connectivity index (χ1) is 9.33. The van der Waals surface area contributed by atoms with E-state index in [9.17, 15) is 4.39 Å². The molecule has 0 bridgehead atoms. The monoisotopic (exact) mass is 255 g/mol. The average Bonchev–Trinajstić information content (AvgIpc) is 2.93. The first kappa shape index (κ1) is 11.4. The number of aromatic nitrogens is 2. The second kappa shape index (κ2) is 4.89. The third-order valence-corrected chi connectivity index (χ3v) is 2.67. The van der Waals surface area contributed by atoms with Gasteiger partial charge >= 0.3 is 0 Å². The number of rotatable bonds is 3. The fourth-order valence-electron chi connectivity index (χ4n) is 1.78. The Morgan fingerprint density at radius 3 is 2.58 bits per heavy atom. The number of hydrogen-bond acceptors (Lipinski definition) is 4. The Morgan fingerprint density at radius 2 is 1.84 bits per heavy atom. The van der Waals surface area contributed by atoms with Crippen LogP contribution in [-0.2, 0) is 0 Å². The predicted molar refractivity (Wildman–Crippen MR) is 69.4 cm³/mol. The zero-order chi connectivity index (χ0) is 13.1. The van der Waals surface area contributed by atoms with Crippen LogP contribution in [0, 0.1) is 5.82 Å². The number of benzene rings is 1. The number of hydrogen-bond donors (Lipinski definition) is 1. The maximum Gasteiger partial charge on any atom is 0.228 e. The SMILES string of the molecule is Fc1ccc(-c2cnccc2Nc2ccno2)cc1. The second-order valence-electron chi connectivity index (χ2n) is 3.93. The Labute approximate surface area is 108 Å². The van der Waals surface area contributed by atoms with E-state index in [4.69, 9.17) is 4.52 Å². The Morgan fingerprint density at radius 1 is 1.00 bits per heavy atom. The van der Waals surface area contributed by atoms with E-state index in [1.165, 1.54) is 12.1 Å². The molecule has 0 atom stereocenters. The minimum atomic E-state index is -0.266. The van der Waals surface area contributed by atoms with Crippen LogP contribution < -0.4 is 5.32 Å². The fraction of sp³-hybridized carbons (Fsp3) is 0. The summed E-state index contributed by atoms with van der Waals surface area (Å²) in [5.41, 5.74) is 2.55. The number of anilines is 2. The minimum Gasteiger partial charge on any atom is -0.339 e. The molecule has 0 aliphatic carbocycles. The van der Waals surface area contributed by atoms with Crippen LogP contribution in [0.2, 0.25) is 0 Å². The molecule has 2 aromatic heterocycles. The van der Waals surface area contributed by atoms with Crippen LogP contribution in [-0.4, -0.2) is 10.1 Å². The Balaban J connectivity index is 1.99. The van der Waals surface area contributed by atoms with E-state index in [1.807, 2.05) is 6.07 Å². The third-order valence-electron chi connectivity index (χ3n) is 2.67. The summed E-state index contributed by atoms with van der Waals surface area (Å²) >= 11 is 0. The summed E-state index contributed by atoms with van der Waals surface area (Å²) in [6.07, 6.45) is 4.94. The van der Waals surface area contributed by atoms with Gasteiger partial charge in [-0.25, -0.2) is 4.39 Å². The van der Waals surface area contributed by atoms with E-state index in [2.05, 4.69) is 15.5 Å². The Kier molecular flexibility index (Phi) is 2.94. The van der Waals surface area contributed by atoms with Crippen LogP contribution in [0.25, 0.3) is 11.1 Å². The maximum absolute atomic E-state index is 13.0. The normalized spacial score (nSPS) is 10.4.